The van der Waals surface area contributed by atoms with E-state index in [9.17, 15) is 18.3 Å². The third kappa shape index (κ3) is 3.35. The van der Waals surface area contributed by atoms with Gasteiger partial charge in [-0.3, -0.25) is 4.79 Å². The maximum Gasteiger partial charge on any atom is 0.307 e. The molecule has 1 N–H and O–H groups in total. The van der Waals surface area contributed by atoms with Crippen molar-refractivity contribution in [2.45, 2.75) is 56.1 Å². The quantitative estimate of drug-likeness (QED) is 0.747. The van der Waals surface area contributed by atoms with E-state index in [1.165, 1.54) is 6.42 Å². The number of nitrogens with zero attached hydrogens (tertiary/aromatic N) is 1. The van der Waals surface area contributed by atoms with Crippen LogP contribution in [0.2, 0.25) is 0 Å². The van der Waals surface area contributed by atoms with Crippen LogP contribution in [0.3, 0.4) is 0 Å². The zero-order chi connectivity index (χ0) is 17.0. The van der Waals surface area contributed by atoms with Crippen LogP contribution in [0.25, 0.3) is 0 Å². The molecule has 24 heavy (non-hydrogen) atoms. The third-order valence-corrected chi connectivity index (χ3v) is 7.99. The molecule has 0 amide bonds. The van der Waals surface area contributed by atoms with Crippen molar-refractivity contribution in [1.82, 2.24) is 4.90 Å². The maximum absolute atomic E-state index is 12.4. The molecule has 4 saturated carbocycles. The summed E-state index contributed by atoms with van der Waals surface area (Å²) in [6.45, 7) is 1.57. The first-order valence-electron chi connectivity index (χ1n) is 9.12. The van der Waals surface area contributed by atoms with Crippen LogP contribution in [0.15, 0.2) is 0 Å². The average Bonchev–Trinajstić information content (AvgIpc) is 2.42. The lowest BCUT2D eigenvalue weighted by molar-refractivity contribution is -0.219. The number of rotatable bonds is 4. The van der Waals surface area contributed by atoms with Gasteiger partial charge in [0.1, 0.15) is 5.60 Å². The number of sulfone groups is 1. The highest BCUT2D eigenvalue weighted by Crippen LogP contribution is 2.58. The predicted molar refractivity (Wildman–Crippen MR) is 88.2 cm³/mol. The Balaban J connectivity index is 1.30. The van der Waals surface area contributed by atoms with E-state index in [1.54, 1.807) is 0 Å². The van der Waals surface area contributed by atoms with E-state index in [-0.39, 0.29) is 17.5 Å². The summed E-state index contributed by atoms with van der Waals surface area (Å²) in [5, 5.41) is 10.7. The zero-order valence-corrected chi connectivity index (χ0v) is 14.9. The molecule has 5 fully saturated rings. The van der Waals surface area contributed by atoms with E-state index in [4.69, 9.17) is 4.74 Å². The Morgan fingerprint density at radius 1 is 1.12 bits per heavy atom. The molecule has 1 saturated heterocycles. The van der Waals surface area contributed by atoms with Gasteiger partial charge < -0.3 is 14.7 Å². The minimum Gasteiger partial charge on any atom is -0.459 e. The number of hydrogen-bond acceptors (Lipinski definition) is 6. The summed E-state index contributed by atoms with van der Waals surface area (Å²) in [5.74, 6) is 1.16. The minimum absolute atomic E-state index is 0.183. The van der Waals surface area contributed by atoms with Crippen LogP contribution in [0.4, 0.5) is 0 Å². The fraction of sp³-hybridized carbons (Fsp3) is 0.941. The van der Waals surface area contributed by atoms with Crippen molar-refractivity contribution < 1.29 is 23.1 Å². The smallest absolute Gasteiger partial charge is 0.307 e. The molecule has 0 aromatic carbocycles. The van der Waals surface area contributed by atoms with Gasteiger partial charge in [0, 0.05) is 26.1 Å². The van der Waals surface area contributed by atoms with E-state index < -0.39 is 21.0 Å². The first-order chi connectivity index (χ1) is 11.3. The molecule has 1 heterocycles. The first kappa shape index (κ1) is 16.8. The zero-order valence-electron chi connectivity index (χ0n) is 14.1. The second-order valence-corrected chi connectivity index (χ2v) is 10.9. The summed E-state index contributed by atoms with van der Waals surface area (Å²) in [7, 11) is -2.88. The Morgan fingerprint density at radius 2 is 1.75 bits per heavy atom. The molecule has 0 spiro atoms. The monoisotopic (exact) mass is 357 g/mol. The maximum atomic E-state index is 12.4. The Kier molecular flexibility index (Phi) is 3.97. The summed E-state index contributed by atoms with van der Waals surface area (Å²) in [4.78, 5) is 14.4. The average molecular weight is 357 g/mol. The van der Waals surface area contributed by atoms with Gasteiger partial charge in [0.15, 0.2) is 9.84 Å². The Morgan fingerprint density at radius 3 is 2.33 bits per heavy atom. The molecule has 0 radical (unpaired) electrons. The van der Waals surface area contributed by atoms with Crippen LogP contribution in [0.1, 0.15) is 44.9 Å². The summed E-state index contributed by atoms with van der Waals surface area (Å²) < 4.78 is 28.8. The molecule has 0 aromatic rings. The van der Waals surface area contributed by atoms with Crippen LogP contribution in [0, 0.1) is 11.8 Å². The summed E-state index contributed by atoms with van der Waals surface area (Å²) in [6, 6.07) is 0. The molecule has 2 unspecified atom stereocenters. The Labute approximate surface area is 143 Å². The lowest BCUT2D eigenvalue weighted by atomic mass is 9.52. The highest BCUT2D eigenvalue weighted by molar-refractivity contribution is 7.91. The molecule has 7 heteroatoms. The van der Waals surface area contributed by atoms with Crippen molar-refractivity contribution in [3.63, 3.8) is 0 Å². The van der Waals surface area contributed by atoms with Gasteiger partial charge in [-0.2, -0.15) is 0 Å². The van der Waals surface area contributed by atoms with Crippen molar-refractivity contribution >= 4 is 15.8 Å². The van der Waals surface area contributed by atoms with Crippen molar-refractivity contribution in [2.24, 2.45) is 11.8 Å². The molecule has 136 valence electrons. The first-order valence-corrected chi connectivity index (χ1v) is 10.9. The molecule has 5 rings (SSSR count). The second-order valence-electron chi connectivity index (χ2n) is 8.59. The molecule has 5 aliphatic rings. The number of carbonyl (C=O) groups is 1. The van der Waals surface area contributed by atoms with Gasteiger partial charge in [-0.1, -0.05) is 0 Å². The molecule has 0 aromatic heterocycles. The molecule has 4 aliphatic carbocycles. The normalized spacial score (nSPS) is 43.7. The number of carbonyl (C=O) groups excluding carboxylic acids is 1. The number of aliphatic hydroxyl groups is 1. The SMILES string of the molecule is O=C(CCN1CCS(=O)(=O)CC1)OC12CC3CC(CC(O)(C3)C1)C2. The fourth-order valence-electron chi connectivity index (χ4n) is 5.77. The molecular weight excluding hydrogens is 330 g/mol. The molecule has 1 aliphatic heterocycles. The lowest BCUT2D eigenvalue weighted by Crippen LogP contribution is -2.60. The number of hydrogen-bond donors (Lipinski definition) is 1. The molecule has 2 atom stereocenters. The van der Waals surface area contributed by atoms with Crippen LogP contribution in [0.5, 0.6) is 0 Å². The summed E-state index contributed by atoms with van der Waals surface area (Å²) in [5.41, 5.74) is -1.06. The van der Waals surface area contributed by atoms with Crippen molar-refractivity contribution in [2.75, 3.05) is 31.1 Å². The van der Waals surface area contributed by atoms with E-state index in [0.717, 1.165) is 25.7 Å². The van der Waals surface area contributed by atoms with Gasteiger partial charge in [-0.05, 0) is 43.9 Å². The van der Waals surface area contributed by atoms with E-state index in [0.29, 0.717) is 44.3 Å². The predicted octanol–water partition coefficient (Wildman–Crippen LogP) is 0.734. The van der Waals surface area contributed by atoms with Crippen molar-refractivity contribution in [3.8, 4) is 0 Å². The van der Waals surface area contributed by atoms with E-state index in [1.807, 2.05) is 4.90 Å². The van der Waals surface area contributed by atoms with Crippen molar-refractivity contribution in [3.05, 3.63) is 0 Å². The number of esters is 1. The Bertz CT molecular complexity index is 603. The molecule has 6 nitrogen and oxygen atoms in total. The van der Waals surface area contributed by atoms with Crippen LogP contribution < -0.4 is 0 Å². The fourth-order valence-corrected chi connectivity index (χ4v) is 7.04. The largest absolute Gasteiger partial charge is 0.459 e. The lowest BCUT2D eigenvalue weighted by Gasteiger charge is -2.59. The van der Waals surface area contributed by atoms with E-state index in [2.05, 4.69) is 0 Å². The molecular formula is C17H27NO5S. The number of ether oxygens (including phenoxy) is 1. The summed E-state index contributed by atoms with van der Waals surface area (Å²) >= 11 is 0. The molecule has 4 bridgehead atoms. The van der Waals surface area contributed by atoms with Gasteiger partial charge in [0.2, 0.25) is 0 Å². The van der Waals surface area contributed by atoms with Gasteiger partial charge >= 0.3 is 5.97 Å². The van der Waals surface area contributed by atoms with E-state index >= 15 is 0 Å². The minimum atomic E-state index is -2.88. The third-order valence-electron chi connectivity index (χ3n) is 6.38. The van der Waals surface area contributed by atoms with Crippen LogP contribution >= 0.6 is 0 Å². The van der Waals surface area contributed by atoms with Gasteiger partial charge in [-0.15, -0.1) is 0 Å². The standard InChI is InChI=1S/C17H27NO5S/c19-15(1-2-18-3-5-24(21,22)6-4-18)23-17-10-13-7-14(11-17)9-16(20,8-13)12-17/h13-14,20H,1-12H2. The topological polar surface area (TPSA) is 83.9 Å². The van der Waals surface area contributed by atoms with Crippen LogP contribution in [-0.2, 0) is 19.4 Å². The Hall–Kier alpha value is -0.660. The van der Waals surface area contributed by atoms with Gasteiger partial charge in [0.05, 0.1) is 23.5 Å². The highest BCUT2D eigenvalue weighted by Gasteiger charge is 2.59. The van der Waals surface area contributed by atoms with Gasteiger partial charge in [0.25, 0.3) is 0 Å². The van der Waals surface area contributed by atoms with Gasteiger partial charge in [-0.25, -0.2) is 8.42 Å². The van der Waals surface area contributed by atoms with Crippen LogP contribution in [-0.4, -0.2) is 66.7 Å². The second kappa shape index (κ2) is 5.68. The summed E-state index contributed by atoms with van der Waals surface area (Å²) in [6.07, 6.45) is 5.61. The highest BCUT2D eigenvalue weighted by atomic mass is 32.2. The van der Waals surface area contributed by atoms with Crippen molar-refractivity contribution in [1.29, 1.82) is 0 Å².